The van der Waals surface area contributed by atoms with E-state index in [1.807, 2.05) is 20.8 Å². The summed E-state index contributed by atoms with van der Waals surface area (Å²) in [4.78, 5) is 11.3. The minimum atomic E-state index is -0.794. The highest BCUT2D eigenvalue weighted by molar-refractivity contribution is 5.73. The molecule has 4 nitrogen and oxygen atoms in total. The van der Waals surface area contributed by atoms with E-state index < -0.39 is 17.3 Å². The minimum absolute atomic E-state index is 0.171. The lowest BCUT2D eigenvalue weighted by atomic mass is 9.83. The number of nitrogens with one attached hydrogen (secondary N) is 1. The van der Waals surface area contributed by atoms with Crippen LogP contribution in [0.2, 0.25) is 0 Å². The number of ether oxygens (including phenoxy) is 1. The average Bonchev–Trinajstić information content (AvgIpc) is 2.37. The van der Waals surface area contributed by atoms with Crippen LogP contribution in [-0.2, 0) is 4.79 Å². The second-order valence-corrected chi connectivity index (χ2v) is 6.58. The average molecular weight is 295 g/mol. The number of hydrogen-bond donors (Lipinski definition) is 2. The van der Waals surface area contributed by atoms with Gasteiger partial charge >= 0.3 is 0 Å². The molecule has 0 radical (unpaired) electrons. The summed E-state index contributed by atoms with van der Waals surface area (Å²) in [6, 6.07) is 2.76. The molecule has 0 spiro atoms. The van der Waals surface area contributed by atoms with Crippen molar-refractivity contribution >= 4 is 5.91 Å². The van der Waals surface area contributed by atoms with Gasteiger partial charge < -0.3 is 15.2 Å². The fourth-order valence-corrected chi connectivity index (χ4v) is 2.54. The third-order valence-electron chi connectivity index (χ3n) is 3.64. The molecular formula is C16H22FNO3. The van der Waals surface area contributed by atoms with E-state index in [9.17, 15) is 14.3 Å². The number of aliphatic hydroxyl groups excluding tert-OH is 1. The third-order valence-corrected chi connectivity index (χ3v) is 3.64. The zero-order valence-corrected chi connectivity index (χ0v) is 12.9. The van der Waals surface area contributed by atoms with Crippen molar-refractivity contribution in [3.05, 3.63) is 29.1 Å². The molecule has 116 valence electrons. The van der Waals surface area contributed by atoms with E-state index in [0.717, 1.165) is 0 Å². The van der Waals surface area contributed by atoms with Crippen LogP contribution in [0.5, 0.6) is 5.75 Å². The van der Waals surface area contributed by atoms with Gasteiger partial charge in [0.15, 0.2) is 11.6 Å². The molecule has 0 aromatic heterocycles. The summed E-state index contributed by atoms with van der Waals surface area (Å²) in [6.07, 6.45) is -0.210. The minimum Gasteiger partial charge on any atom is -0.490 e. The number of carbonyl (C=O) groups is 1. The zero-order valence-electron chi connectivity index (χ0n) is 12.9. The smallest absolute Gasteiger partial charge is 0.217 e. The molecule has 1 aliphatic heterocycles. The number of hydrogen-bond acceptors (Lipinski definition) is 3. The van der Waals surface area contributed by atoms with Crippen molar-refractivity contribution in [2.75, 3.05) is 6.61 Å². The summed E-state index contributed by atoms with van der Waals surface area (Å²) < 4.78 is 19.6. The van der Waals surface area contributed by atoms with E-state index >= 15 is 0 Å². The Balaban J connectivity index is 2.45. The second kappa shape index (κ2) is 5.64. The molecule has 0 saturated heterocycles. The van der Waals surface area contributed by atoms with E-state index in [4.69, 9.17) is 4.74 Å². The van der Waals surface area contributed by atoms with Gasteiger partial charge in [0.1, 0.15) is 0 Å². The number of carbonyl (C=O) groups excluding carboxylic acids is 1. The van der Waals surface area contributed by atoms with Gasteiger partial charge in [-0.3, -0.25) is 4.79 Å². The maximum atomic E-state index is 14.2. The molecule has 5 heteroatoms. The Morgan fingerprint density at radius 3 is 2.71 bits per heavy atom. The van der Waals surface area contributed by atoms with Crippen LogP contribution in [0.4, 0.5) is 4.39 Å². The first-order valence-corrected chi connectivity index (χ1v) is 7.11. The number of amides is 1. The monoisotopic (exact) mass is 295 g/mol. The van der Waals surface area contributed by atoms with Gasteiger partial charge in [-0.25, -0.2) is 4.39 Å². The number of aliphatic hydroxyl groups is 1. The summed E-state index contributed by atoms with van der Waals surface area (Å²) in [5.41, 5.74) is 0.689. The van der Waals surface area contributed by atoms with E-state index in [2.05, 4.69) is 5.32 Å². The molecule has 1 aromatic carbocycles. The Labute approximate surface area is 124 Å². The van der Waals surface area contributed by atoms with Crippen molar-refractivity contribution in [3.63, 3.8) is 0 Å². The molecule has 1 amide bonds. The Kier molecular flexibility index (Phi) is 4.23. The van der Waals surface area contributed by atoms with E-state index in [-0.39, 0.29) is 17.7 Å². The highest BCUT2D eigenvalue weighted by Crippen LogP contribution is 2.40. The van der Waals surface area contributed by atoms with Gasteiger partial charge in [-0.15, -0.1) is 0 Å². The summed E-state index contributed by atoms with van der Waals surface area (Å²) >= 11 is 0. The van der Waals surface area contributed by atoms with Crippen LogP contribution < -0.4 is 10.1 Å². The Morgan fingerprint density at radius 2 is 2.14 bits per heavy atom. The van der Waals surface area contributed by atoms with Crippen LogP contribution in [-0.4, -0.2) is 17.6 Å². The summed E-state index contributed by atoms with van der Waals surface area (Å²) in [7, 11) is 0. The molecule has 1 aliphatic rings. The first-order valence-electron chi connectivity index (χ1n) is 7.11. The van der Waals surface area contributed by atoms with E-state index in [1.54, 1.807) is 6.07 Å². The quantitative estimate of drug-likeness (QED) is 0.882. The normalized spacial score (nSPS) is 19.4. The predicted molar refractivity (Wildman–Crippen MR) is 77.5 cm³/mol. The molecule has 0 fully saturated rings. The van der Waals surface area contributed by atoms with Crippen LogP contribution in [0, 0.1) is 11.2 Å². The number of fused-ring (bicyclic) bond motifs is 1. The highest BCUT2D eigenvalue weighted by atomic mass is 19.1. The predicted octanol–water partition coefficient (Wildman–Crippen LogP) is 2.86. The molecule has 0 bridgehead atoms. The van der Waals surface area contributed by atoms with Gasteiger partial charge in [0.2, 0.25) is 5.91 Å². The molecular weight excluding hydrogens is 273 g/mol. The van der Waals surface area contributed by atoms with Crippen molar-refractivity contribution in [2.45, 2.75) is 46.3 Å². The first-order chi connectivity index (χ1) is 9.70. The molecule has 0 aliphatic carbocycles. The second-order valence-electron chi connectivity index (χ2n) is 6.58. The Morgan fingerprint density at radius 1 is 1.48 bits per heavy atom. The van der Waals surface area contributed by atoms with Crippen LogP contribution >= 0.6 is 0 Å². The van der Waals surface area contributed by atoms with Crippen LogP contribution in [0.15, 0.2) is 12.1 Å². The van der Waals surface area contributed by atoms with Crippen molar-refractivity contribution in [2.24, 2.45) is 5.41 Å². The van der Waals surface area contributed by atoms with Crippen molar-refractivity contribution in [1.29, 1.82) is 0 Å². The Bertz CT molecular complexity index is 551. The third kappa shape index (κ3) is 3.35. The topological polar surface area (TPSA) is 58.6 Å². The number of rotatable bonds is 2. The van der Waals surface area contributed by atoms with Gasteiger partial charge in [-0.2, -0.15) is 0 Å². The number of halogens is 1. The van der Waals surface area contributed by atoms with Crippen LogP contribution in [0.25, 0.3) is 0 Å². The standard InChI is InChI=1S/C16H22FNO3/c1-9(19)18-13-5-6-21-14-11(13)7-10(8-12(14)17)15(20)16(2,3)4/h7-8,13,15,20H,5-6H2,1-4H3,(H,18,19). The lowest BCUT2D eigenvalue weighted by Crippen LogP contribution is -2.31. The van der Waals surface area contributed by atoms with Crippen LogP contribution in [0.3, 0.4) is 0 Å². The zero-order chi connectivity index (χ0) is 15.8. The fraction of sp³-hybridized carbons (Fsp3) is 0.562. The summed E-state index contributed by atoms with van der Waals surface area (Å²) in [5.74, 6) is -0.499. The fourth-order valence-electron chi connectivity index (χ4n) is 2.54. The molecule has 1 heterocycles. The molecule has 1 aromatic rings. The van der Waals surface area contributed by atoms with Crippen LogP contribution in [0.1, 0.15) is 57.4 Å². The maximum Gasteiger partial charge on any atom is 0.217 e. The largest absolute Gasteiger partial charge is 0.490 e. The molecule has 21 heavy (non-hydrogen) atoms. The van der Waals surface area contributed by atoms with Crippen molar-refractivity contribution < 1.29 is 19.0 Å². The first kappa shape index (κ1) is 15.8. The van der Waals surface area contributed by atoms with Gasteiger partial charge in [0.25, 0.3) is 0 Å². The van der Waals surface area contributed by atoms with Crippen molar-refractivity contribution in [3.8, 4) is 5.75 Å². The van der Waals surface area contributed by atoms with Crippen molar-refractivity contribution in [1.82, 2.24) is 5.32 Å². The van der Waals surface area contributed by atoms with E-state index in [1.165, 1.54) is 13.0 Å². The molecule has 2 rings (SSSR count). The Hall–Kier alpha value is -1.62. The molecule has 0 saturated carbocycles. The SMILES string of the molecule is CC(=O)NC1CCOc2c(F)cc(C(O)C(C)(C)C)cc21. The summed E-state index contributed by atoms with van der Waals surface area (Å²) in [5, 5.41) is 13.2. The summed E-state index contributed by atoms with van der Waals surface area (Å²) in [6.45, 7) is 7.44. The van der Waals surface area contributed by atoms with E-state index in [0.29, 0.717) is 24.2 Å². The van der Waals surface area contributed by atoms with Gasteiger partial charge in [0, 0.05) is 18.9 Å². The molecule has 2 unspecified atom stereocenters. The van der Waals surface area contributed by atoms with Gasteiger partial charge in [-0.1, -0.05) is 20.8 Å². The highest BCUT2D eigenvalue weighted by Gasteiger charge is 2.30. The molecule has 2 N–H and O–H groups in total. The lowest BCUT2D eigenvalue weighted by Gasteiger charge is -2.30. The maximum absolute atomic E-state index is 14.2. The number of benzene rings is 1. The van der Waals surface area contributed by atoms with Gasteiger partial charge in [-0.05, 0) is 23.1 Å². The van der Waals surface area contributed by atoms with Gasteiger partial charge in [0.05, 0.1) is 18.8 Å². The lowest BCUT2D eigenvalue weighted by molar-refractivity contribution is -0.119. The molecule has 2 atom stereocenters.